The molecule has 0 spiro atoms. The number of piperidine rings is 1. The normalized spacial score (nSPS) is 15.2. The van der Waals surface area contributed by atoms with Crippen LogP contribution >= 0.6 is 0 Å². The van der Waals surface area contributed by atoms with E-state index in [0.29, 0.717) is 49.8 Å². The van der Waals surface area contributed by atoms with Crippen molar-refractivity contribution in [3.63, 3.8) is 0 Å². The Hall–Kier alpha value is -2.71. The monoisotopic (exact) mass is 359 g/mol. The third-order valence-electron chi connectivity index (χ3n) is 4.81. The van der Waals surface area contributed by atoms with Crippen LogP contribution in [0.15, 0.2) is 12.4 Å². The summed E-state index contributed by atoms with van der Waals surface area (Å²) in [6, 6.07) is 0. The van der Waals surface area contributed by atoms with E-state index in [1.165, 1.54) is 0 Å². The van der Waals surface area contributed by atoms with E-state index in [-0.39, 0.29) is 11.8 Å². The number of aryl methyl sites for hydroxylation is 3. The molecule has 1 saturated heterocycles. The predicted octanol–water partition coefficient (Wildman–Crippen LogP) is 0.448. The highest BCUT2D eigenvalue weighted by atomic mass is 16.2. The van der Waals surface area contributed by atoms with E-state index in [4.69, 9.17) is 0 Å². The Morgan fingerprint density at radius 1 is 1.31 bits per heavy atom. The molecular formula is C17H25N7O2. The maximum absolute atomic E-state index is 12.4. The van der Waals surface area contributed by atoms with Crippen LogP contribution in [0.3, 0.4) is 0 Å². The average Bonchev–Trinajstić information content (AvgIpc) is 3.26. The summed E-state index contributed by atoms with van der Waals surface area (Å²) in [4.78, 5) is 26.2. The molecule has 2 amide bonds. The van der Waals surface area contributed by atoms with Crippen molar-refractivity contribution in [3.05, 3.63) is 29.3 Å². The first-order valence-corrected chi connectivity index (χ1v) is 8.94. The van der Waals surface area contributed by atoms with Gasteiger partial charge in [-0.15, -0.1) is 0 Å². The van der Waals surface area contributed by atoms with E-state index in [1.54, 1.807) is 17.8 Å². The van der Waals surface area contributed by atoms with Crippen LogP contribution < -0.4 is 5.32 Å². The van der Waals surface area contributed by atoms with Crippen LogP contribution in [0, 0.1) is 12.8 Å². The minimum atomic E-state index is -0.0739. The molecule has 0 bridgehead atoms. The van der Waals surface area contributed by atoms with Crippen molar-refractivity contribution >= 4 is 11.8 Å². The first kappa shape index (κ1) is 18.1. The molecule has 0 aliphatic carbocycles. The van der Waals surface area contributed by atoms with E-state index in [1.807, 2.05) is 18.1 Å². The standard InChI is InChI=1S/C17H25N7O2/c1-12-16(21-22-20-12)17(26)24-7-5-13(6-8-24)9-18-15(25)4-3-14-10-19-23(2)11-14/h10-11,13H,3-9H2,1-2H3,(H,18,25)(H,20,21,22). The second-order valence-corrected chi connectivity index (χ2v) is 6.82. The van der Waals surface area contributed by atoms with Gasteiger partial charge in [0.15, 0.2) is 5.69 Å². The minimum Gasteiger partial charge on any atom is -0.356 e. The van der Waals surface area contributed by atoms with Gasteiger partial charge in [-0.1, -0.05) is 0 Å². The van der Waals surface area contributed by atoms with Gasteiger partial charge in [0.25, 0.3) is 5.91 Å². The molecule has 26 heavy (non-hydrogen) atoms. The number of amides is 2. The van der Waals surface area contributed by atoms with Crippen molar-refractivity contribution < 1.29 is 9.59 Å². The predicted molar refractivity (Wildman–Crippen MR) is 94.3 cm³/mol. The van der Waals surface area contributed by atoms with E-state index >= 15 is 0 Å². The molecule has 3 heterocycles. The zero-order chi connectivity index (χ0) is 18.5. The highest BCUT2D eigenvalue weighted by molar-refractivity contribution is 5.93. The third kappa shape index (κ3) is 4.47. The van der Waals surface area contributed by atoms with Crippen LogP contribution in [0.1, 0.15) is 41.0 Å². The van der Waals surface area contributed by atoms with Crippen molar-refractivity contribution in [2.24, 2.45) is 13.0 Å². The lowest BCUT2D eigenvalue weighted by Gasteiger charge is -2.31. The van der Waals surface area contributed by atoms with Gasteiger partial charge in [0.05, 0.1) is 11.9 Å². The van der Waals surface area contributed by atoms with Gasteiger partial charge in [-0.3, -0.25) is 14.3 Å². The molecule has 2 aromatic heterocycles. The highest BCUT2D eigenvalue weighted by Crippen LogP contribution is 2.18. The first-order valence-electron chi connectivity index (χ1n) is 8.94. The Morgan fingerprint density at radius 3 is 2.69 bits per heavy atom. The SMILES string of the molecule is Cc1n[nH]nc1C(=O)N1CCC(CNC(=O)CCc2cnn(C)c2)CC1. The molecule has 1 aliphatic rings. The zero-order valence-corrected chi connectivity index (χ0v) is 15.2. The molecule has 0 aromatic carbocycles. The number of hydrogen-bond acceptors (Lipinski definition) is 5. The molecule has 1 aliphatic heterocycles. The van der Waals surface area contributed by atoms with Crippen LogP contribution in [0.5, 0.6) is 0 Å². The van der Waals surface area contributed by atoms with Gasteiger partial charge in [0, 0.05) is 39.3 Å². The van der Waals surface area contributed by atoms with Gasteiger partial charge in [-0.25, -0.2) is 0 Å². The lowest BCUT2D eigenvalue weighted by Crippen LogP contribution is -2.41. The van der Waals surface area contributed by atoms with Gasteiger partial charge >= 0.3 is 0 Å². The van der Waals surface area contributed by atoms with Gasteiger partial charge < -0.3 is 10.2 Å². The third-order valence-corrected chi connectivity index (χ3v) is 4.81. The fraction of sp³-hybridized carbons (Fsp3) is 0.588. The summed E-state index contributed by atoms with van der Waals surface area (Å²) >= 11 is 0. The first-order chi connectivity index (χ1) is 12.5. The summed E-state index contributed by atoms with van der Waals surface area (Å²) in [7, 11) is 1.87. The maximum atomic E-state index is 12.4. The molecule has 140 valence electrons. The number of rotatable bonds is 6. The van der Waals surface area contributed by atoms with Crippen LogP contribution in [-0.4, -0.2) is 61.5 Å². The topological polar surface area (TPSA) is 109 Å². The second kappa shape index (κ2) is 8.11. The lowest BCUT2D eigenvalue weighted by molar-refractivity contribution is -0.121. The van der Waals surface area contributed by atoms with Crippen molar-refractivity contribution in [2.45, 2.75) is 32.6 Å². The van der Waals surface area contributed by atoms with Gasteiger partial charge in [-0.05, 0) is 37.7 Å². The maximum Gasteiger partial charge on any atom is 0.276 e. The van der Waals surface area contributed by atoms with Gasteiger partial charge in [0.2, 0.25) is 5.91 Å². The summed E-state index contributed by atoms with van der Waals surface area (Å²) in [6.07, 6.45) is 6.64. The summed E-state index contributed by atoms with van der Waals surface area (Å²) in [5.41, 5.74) is 2.09. The van der Waals surface area contributed by atoms with Crippen molar-refractivity contribution in [1.29, 1.82) is 0 Å². The number of aromatic amines is 1. The lowest BCUT2D eigenvalue weighted by atomic mass is 9.96. The molecule has 0 atom stereocenters. The summed E-state index contributed by atoms with van der Waals surface area (Å²) in [5.74, 6) is 0.389. The Kier molecular flexibility index (Phi) is 5.65. The van der Waals surface area contributed by atoms with E-state index in [9.17, 15) is 9.59 Å². The number of likely N-dealkylation sites (tertiary alicyclic amines) is 1. The molecule has 2 aromatic rings. The molecule has 0 saturated carbocycles. The Labute approximate surface area is 152 Å². The number of carbonyl (C=O) groups is 2. The van der Waals surface area contributed by atoms with Gasteiger partial charge in [-0.2, -0.15) is 20.5 Å². The van der Waals surface area contributed by atoms with Crippen molar-refractivity contribution in [1.82, 2.24) is 35.4 Å². The summed E-state index contributed by atoms with van der Waals surface area (Å²) in [5, 5.41) is 17.4. The highest BCUT2D eigenvalue weighted by Gasteiger charge is 2.26. The van der Waals surface area contributed by atoms with E-state index in [2.05, 4.69) is 25.8 Å². The number of H-pyrrole nitrogens is 1. The van der Waals surface area contributed by atoms with E-state index in [0.717, 1.165) is 18.4 Å². The fourth-order valence-corrected chi connectivity index (χ4v) is 3.18. The van der Waals surface area contributed by atoms with Crippen LogP contribution in [-0.2, 0) is 18.3 Å². The summed E-state index contributed by atoms with van der Waals surface area (Å²) in [6.45, 7) is 3.80. The molecule has 9 nitrogen and oxygen atoms in total. The Balaban J connectivity index is 1.36. The minimum absolute atomic E-state index is 0.0607. The van der Waals surface area contributed by atoms with Crippen LogP contribution in [0.2, 0.25) is 0 Å². The summed E-state index contributed by atoms with van der Waals surface area (Å²) < 4.78 is 1.74. The number of aromatic nitrogens is 5. The largest absolute Gasteiger partial charge is 0.356 e. The Morgan fingerprint density at radius 2 is 2.08 bits per heavy atom. The number of nitrogens with one attached hydrogen (secondary N) is 2. The second-order valence-electron chi connectivity index (χ2n) is 6.82. The van der Waals surface area contributed by atoms with Crippen molar-refractivity contribution in [2.75, 3.05) is 19.6 Å². The smallest absolute Gasteiger partial charge is 0.276 e. The fourth-order valence-electron chi connectivity index (χ4n) is 3.18. The molecule has 3 rings (SSSR count). The number of hydrogen-bond donors (Lipinski definition) is 2. The van der Waals surface area contributed by atoms with Crippen LogP contribution in [0.4, 0.5) is 0 Å². The van der Waals surface area contributed by atoms with Crippen LogP contribution in [0.25, 0.3) is 0 Å². The molecule has 2 N–H and O–H groups in total. The number of carbonyl (C=O) groups excluding carboxylic acids is 2. The quantitative estimate of drug-likeness (QED) is 0.778. The number of nitrogens with zero attached hydrogens (tertiary/aromatic N) is 5. The zero-order valence-electron chi connectivity index (χ0n) is 15.2. The molecule has 9 heteroatoms. The molecular weight excluding hydrogens is 334 g/mol. The molecule has 0 radical (unpaired) electrons. The van der Waals surface area contributed by atoms with E-state index < -0.39 is 0 Å². The van der Waals surface area contributed by atoms with Crippen molar-refractivity contribution in [3.8, 4) is 0 Å². The average molecular weight is 359 g/mol. The molecule has 0 unspecified atom stereocenters. The Bertz CT molecular complexity index is 759. The van der Waals surface area contributed by atoms with Gasteiger partial charge in [0.1, 0.15) is 0 Å². The molecule has 1 fully saturated rings.